The summed E-state index contributed by atoms with van der Waals surface area (Å²) in [6.07, 6.45) is -4.43. The highest BCUT2D eigenvalue weighted by Crippen LogP contribution is 2.31. The van der Waals surface area contributed by atoms with Crippen molar-refractivity contribution in [2.24, 2.45) is 5.92 Å². The Morgan fingerprint density at radius 2 is 1.72 bits per heavy atom. The van der Waals surface area contributed by atoms with Gasteiger partial charge in [-0.3, -0.25) is 4.79 Å². The summed E-state index contributed by atoms with van der Waals surface area (Å²) in [5.74, 6) is 0.224. The molecule has 0 aliphatic carbocycles. The van der Waals surface area contributed by atoms with E-state index in [0.717, 1.165) is 12.1 Å². The van der Waals surface area contributed by atoms with Gasteiger partial charge in [0.15, 0.2) is 5.82 Å². The van der Waals surface area contributed by atoms with Gasteiger partial charge in [0, 0.05) is 11.3 Å². The summed E-state index contributed by atoms with van der Waals surface area (Å²) in [7, 11) is 0. The molecular formula is C22H22ClF3N4O2. The van der Waals surface area contributed by atoms with Crippen LogP contribution in [0.3, 0.4) is 0 Å². The number of rotatable bonds is 7. The maximum atomic E-state index is 12.9. The van der Waals surface area contributed by atoms with Crippen molar-refractivity contribution in [1.82, 2.24) is 14.8 Å². The van der Waals surface area contributed by atoms with Gasteiger partial charge in [0.1, 0.15) is 5.38 Å². The van der Waals surface area contributed by atoms with Gasteiger partial charge in [-0.25, -0.2) is 4.68 Å². The molecule has 1 N–H and O–H groups in total. The van der Waals surface area contributed by atoms with E-state index in [2.05, 4.69) is 15.4 Å². The van der Waals surface area contributed by atoms with Gasteiger partial charge in [-0.05, 0) is 49.2 Å². The van der Waals surface area contributed by atoms with Crippen LogP contribution in [0.5, 0.6) is 6.01 Å². The molecule has 0 bridgehead atoms. The van der Waals surface area contributed by atoms with E-state index in [9.17, 15) is 18.0 Å². The predicted octanol–water partition coefficient (Wildman–Crippen LogP) is 5.55. The lowest BCUT2D eigenvalue weighted by atomic mass is 10.1. The minimum absolute atomic E-state index is 0.113. The molecular weight excluding hydrogens is 445 g/mol. The predicted molar refractivity (Wildman–Crippen MR) is 116 cm³/mol. The molecule has 1 amide bonds. The third-order valence-corrected chi connectivity index (χ3v) is 4.54. The van der Waals surface area contributed by atoms with Gasteiger partial charge < -0.3 is 10.1 Å². The number of carbonyl (C=O) groups is 1. The highest BCUT2D eigenvalue weighted by atomic mass is 35.5. The first kappa shape index (κ1) is 23.6. The molecule has 0 saturated carbocycles. The summed E-state index contributed by atoms with van der Waals surface area (Å²) < 4.78 is 45.9. The zero-order valence-corrected chi connectivity index (χ0v) is 18.4. The number of nitrogens with zero attached hydrogens (tertiary/aromatic N) is 3. The van der Waals surface area contributed by atoms with Crippen LogP contribution in [0.4, 0.5) is 18.9 Å². The van der Waals surface area contributed by atoms with Gasteiger partial charge in [0.05, 0.1) is 17.9 Å². The fourth-order valence-corrected chi connectivity index (χ4v) is 2.75. The molecule has 0 saturated heterocycles. The highest BCUT2D eigenvalue weighted by Gasteiger charge is 2.30. The molecule has 1 unspecified atom stereocenters. The molecule has 0 aliphatic rings. The van der Waals surface area contributed by atoms with Crippen LogP contribution in [0.2, 0.25) is 0 Å². The van der Waals surface area contributed by atoms with E-state index in [1.54, 1.807) is 31.2 Å². The maximum Gasteiger partial charge on any atom is 0.416 e. The van der Waals surface area contributed by atoms with Crippen molar-refractivity contribution in [3.63, 3.8) is 0 Å². The van der Waals surface area contributed by atoms with Gasteiger partial charge in [0.25, 0.3) is 0 Å². The van der Waals surface area contributed by atoms with Crippen LogP contribution in [0, 0.1) is 5.92 Å². The number of anilines is 1. The second-order valence-corrected chi connectivity index (χ2v) is 8.22. The number of hydrogen-bond acceptors (Lipinski definition) is 4. The van der Waals surface area contributed by atoms with Crippen LogP contribution in [0.1, 0.15) is 26.3 Å². The van der Waals surface area contributed by atoms with E-state index < -0.39 is 17.1 Å². The molecule has 1 aromatic heterocycles. The first-order valence-electron chi connectivity index (χ1n) is 9.87. The molecule has 3 aromatic rings. The molecule has 1 atom stereocenters. The number of amides is 1. The Bertz CT molecular complexity index is 1060. The topological polar surface area (TPSA) is 69.0 Å². The number of carbonyl (C=O) groups excluding carboxylic acids is 1. The van der Waals surface area contributed by atoms with Crippen molar-refractivity contribution in [1.29, 1.82) is 0 Å². The van der Waals surface area contributed by atoms with Crippen molar-refractivity contribution >= 4 is 23.2 Å². The monoisotopic (exact) mass is 466 g/mol. The first-order valence-corrected chi connectivity index (χ1v) is 10.3. The SMILES string of the molecule is CC(C)COc1nc(-c2ccc(C(F)(F)F)cc2)n(-c2ccc(NC(=O)C(C)Cl)cc2)n1. The summed E-state index contributed by atoms with van der Waals surface area (Å²) >= 11 is 5.77. The normalized spacial score (nSPS) is 12.6. The molecule has 6 nitrogen and oxygen atoms in total. The number of halogens is 4. The maximum absolute atomic E-state index is 12.9. The van der Waals surface area contributed by atoms with Gasteiger partial charge in [0.2, 0.25) is 5.91 Å². The van der Waals surface area contributed by atoms with Crippen LogP contribution >= 0.6 is 11.6 Å². The van der Waals surface area contributed by atoms with Gasteiger partial charge >= 0.3 is 12.2 Å². The van der Waals surface area contributed by atoms with Gasteiger partial charge in [-0.1, -0.05) is 26.0 Å². The quantitative estimate of drug-likeness (QED) is 0.463. The Hall–Kier alpha value is -3.07. The minimum atomic E-state index is -4.43. The van der Waals surface area contributed by atoms with Gasteiger partial charge in [-0.15, -0.1) is 16.7 Å². The Morgan fingerprint density at radius 1 is 1.09 bits per heavy atom. The number of benzene rings is 2. The zero-order chi connectivity index (χ0) is 23.5. The van der Waals surface area contributed by atoms with E-state index in [4.69, 9.17) is 16.3 Å². The molecule has 10 heteroatoms. The standard InChI is InChI=1S/C22H22ClF3N4O2/c1-13(2)12-32-21-28-19(15-4-6-16(7-5-15)22(24,25)26)30(29-21)18-10-8-17(9-11-18)27-20(31)14(3)23/h4-11,13-14H,12H2,1-3H3,(H,27,31). The molecule has 2 aromatic carbocycles. The van der Waals surface area contributed by atoms with Crippen LogP contribution in [0.25, 0.3) is 17.1 Å². The summed E-state index contributed by atoms with van der Waals surface area (Å²) in [4.78, 5) is 16.1. The Morgan fingerprint density at radius 3 is 2.25 bits per heavy atom. The average molecular weight is 467 g/mol. The molecule has 32 heavy (non-hydrogen) atoms. The lowest BCUT2D eigenvalue weighted by Crippen LogP contribution is -2.20. The molecule has 1 heterocycles. The lowest BCUT2D eigenvalue weighted by Gasteiger charge is -2.10. The van der Waals surface area contributed by atoms with Crippen LogP contribution in [-0.2, 0) is 11.0 Å². The zero-order valence-electron chi connectivity index (χ0n) is 17.7. The summed E-state index contributed by atoms with van der Waals surface area (Å²) in [6.45, 7) is 5.90. The Labute approximate surface area is 188 Å². The number of alkyl halides is 4. The number of ether oxygens (including phenoxy) is 1. The summed E-state index contributed by atoms with van der Waals surface area (Å²) in [6, 6.07) is 11.5. The molecule has 0 radical (unpaired) electrons. The van der Waals surface area contributed by atoms with Crippen LogP contribution in [0.15, 0.2) is 48.5 Å². The second kappa shape index (κ2) is 9.60. The second-order valence-electron chi connectivity index (χ2n) is 7.56. The molecule has 0 spiro atoms. The van der Waals surface area contributed by atoms with E-state index in [1.807, 2.05) is 13.8 Å². The number of nitrogens with one attached hydrogen (secondary N) is 1. The van der Waals surface area contributed by atoms with E-state index in [0.29, 0.717) is 29.4 Å². The van der Waals surface area contributed by atoms with Crippen molar-refractivity contribution in [2.75, 3.05) is 11.9 Å². The smallest absolute Gasteiger partial charge is 0.416 e. The molecule has 0 aliphatic heterocycles. The van der Waals surface area contributed by atoms with Crippen molar-refractivity contribution in [2.45, 2.75) is 32.3 Å². The highest BCUT2D eigenvalue weighted by molar-refractivity contribution is 6.32. The number of aromatic nitrogens is 3. The fraction of sp³-hybridized carbons (Fsp3) is 0.318. The van der Waals surface area contributed by atoms with E-state index in [1.165, 1.54) is 16.8 Å². The third-order valence-electron chi connectivity index (χ3n) is 4.34. The van der Waals surface area contributed by atoms with Crippen LogP contribution in [-0.4, -0.2) is 32.7 Å². The molecule has 0 fully saturated rings. The Kier molecular flexibility index (Phi) is 7.08. The third kappa shape index (κ3) is 5.79. The summed E-state index contributed by atoms with van der Waals surface area (Å²) in [5.41, 5.74) is 0.817. The fourth-order valence-electron chi connectivity index (χ4n) is 2.70. The van der Waals surface area contributed by atoms with Crippen LogP contribution < -0.4 is 10.1 Å². The van der Waals surface area contributed by atoms with E-state index >= 15 is 0 Å². The molecule has 3 rings (SSSR count). The van der Waals surface area contributed by atoms with Gasteiger partial charge in [-0.2, -0.15) is 18.2 Å². The van der Waals surface area contributed by atoms with Crippen molar-refractivity contribution in [3.8, 4) is 23.1 Å². The Balaban J connectivity index is 1.96. The van der Waals surface area contributed by atoms with E-state index in [-0.39, 0.29) is 17.8 Å². The largest absolute Gasteiger partial charge is 0.462 e. The average Bonchev–Trinajstić information content (AvgIpc) is 3.16. The van der Waals surface area contributed by atoms with Crippen molar-refractivity contribution in [3.05, 3.63) is 54.1 Å². The first-order chi connectivity index (χ1) is 15.0. The minimum Gasteiger partial charge on any atom is -0.462 e. The number of hydrogen-bond donors (Lipinski definition) is 1. The summed E-state index contributed by atoms with van der Waals surface area (Å²) in [5, 5.41) is 6.37. The van der Waals surface area contributed by atoms with Crippen molar-refractivity contribution < 1.29 is 22.7 Å². The molecule has 170 valence electrons. The lowest BCUT2D eigenvalue weighted by molar-refractivity contribution is -0.137.